The highest BCUT2D eigenvalue weighted by Gasteiger charge is 2.53. The number of hydrogen-bond donors (Lipinski definition) is 1. The Labute approximate surface area is 135 Å². The van der Waals surface area contributed by atoms with Crippen molar-refractivity contribution in [2.24, 2.45) is 29.6 Å². The van der Waals surface area contributed by atoms with E-state index in [-0.39, 0.29) is 5.91 Å². The van der Waals surface area contributed by atoms with Crippen LogP contribution in [0.2, 0.25) is 0 Å². The predicted octanol–water partition coefficient (Wildman–Crippen LogP) is 3.05. The molecule has 2 bridgehead atoms. The average molecular weight is 304 g/mol. The van der Waals surface area contributed by atoms with Crippen LogP contribution in [0.1, 0.15) is 58.3 Å². The van der Waals surface area contributed by atoms with Gasteiger partial charge in [-0.25, -0.2) is 0 Å². The summed E-state index contributed by atoms with van der Waals surface area (Å²) < 4.78 is 0. The summed E-state index contributed by atoms with van der Waals surface area (Å²) in [6, 6.07) is 0.835. The van der Waals surface area contributed by atoms with E-state index in [9.17, 15) is 4.79 Å². The lowest BCUT2D eigenvalue weighted by Gasteiger charge is -2.34. The van der Waals surface area contributed by atoms with Crippen LogP contribution in [-0.2, 0) is 4.79 Å². The van der Waals surface area contributed by atoms with Gasteiger partial charge in [0.25, 0.3) is 0 Å². The van der Waals surface area contributed by atoms with E-state index in [0.29, 0.717) is 0 Å². The van der Waals surface area contributed by atoms with Crippen molar-refractivity contribution >= 4 is 5.91 Å². The topological polar surface area (TPSA) is 32.3 Å². The fourth-order valence-corrected chi connectivity index (χ4v) is 6.31. The first kappa shape index (κ1) is 15.0. The van der Waals surface area contributed by atoms with E-state index in [1.807, 2.05) is 4.90 Å². The summed E-state index contributed by atoms with van der Waals surface area (Å²) in [5.74, 6) is 5.35. The van der Waals surface area contributed by atoms with Crippen LogP contribution in [0.25, 0.3) is 0 Å². The molecule has 4 aliphatic rings. The molecule has 4 fully saturated rings. The first-order valence-corrected chi connectivity index (χ1v) is 9.71. The molecule has 5 atom stereocenters. The number of likely N-dealkylation sites (tertiary alicyclic amines) is 1. The summed E-state index contributed by atoms with van der Waals surface area (Å²) in [4.78, 5) is 13.4. The summed E-state index contributed by atoms with van der Waals surface area (Å²) in [7, 11) is 0. The van der Waals surface area contributed by atoms with Gasteiger partial charge in [-0.15, -0.1) is 0 Å². The van der Waals surface area contributed by atoms with Gasteiger partial charge in [-0.3, -0.25) is 4.79 Å². The van der Waals surface area contributed by atoms with Crippen LogP contribution < -0.4 is 5.32 Å². The van der Waals surface area contributed by atoms with Crippen LogP contribution in [0.15, 0.2) is 0 Å². The minimum atomic E-state index is 0.254. The zero-order chi connectivity index (χ0) is 15.1. The van der Waals surface area contributed by atoms with Crippen molar-refractivity contribution in [3.8, 4) is 0 Å². The Morgan fingerprint density at radius 1 is 1.05 bits per heavy atom. The van der Waals surface area contributed by atoms with E-state index in [2.05, 4.69) is 5.32 Å². The number of piperidine rings is 1. The molecule has 22 heavy (non-hydrogen) atoms. The molecule has 124 valence electrons. The van der Waals surface area contributed by atoms with Crippen molar-refractivity contribution in [1.82, 2.24) is 10.2 Å². The molecule has 1 amide bonds. The van der Waals surface area contributed by atoms with Crippen LogP contribution in [0.5, 0.6) is 0 Å². The third kappa shape index (κ3) is 2.70. The van der Waals surface area contributed by atoms with Crippen molar-refractivity contribution in [3.05, 3.63) is 0 Å². The summed E-state index contributed by atoms with van der Waals surface area (Å²) >= 11 is 0. The number of hydrogen-bond acceptors (Lipinski definition) is 2. The fraction of sp³-hybridized carbons (Fsp3) is 0.947. The van der Waals surface area contributed by atoms with E-state index >= 15 is 0 Å². The Morgan fingerprint density at radius 2 is 1.82 bits per heavy atom. The van der Waals surface area contributed by atoms with Gasteiger partial charge in [0.2, 0.25) is 5.91 Å². The highest BCUT2D eigenvalue weighted by Crippen LogP contribution is 2.58. The molecule has 1 N–H and O–H groups in total. The van der Waals surface area contributed by atoms with E-state index in [1.54, 1.807) is 6.92 Å². The number of rotatable bonds is 4. The normalized spacial score (nSPS) is 41.1. The monoisotopic (exact) mass is 304 g/mol. The van der Waals surface area contributed by atoms with Crippen molar-refractivity contribution in [2.45, 2.75) is 64.3 Å². The van der Waals surface area contributed by atoms with E-state index in [1.165, 1.54) is 57.9 Å². The maximum absolute atomic E-state index is 11.4. The lowest BCUT2D eigenvalue weighted by atomic mass is 9.79. The van der Waals surface area contributed by atoms with Gasteiger partial charge < -0.3 is 10.2 Å². The standard InChI is InChI=1S/C19H32N2O/c1-13(22)21-9-6-14(7-10-21)5-8-20-19-12-15-11-18(19)17-4-2-3-16(15)17/h14-20H,2-12H2,1H3/t15-,16-,17+,18+,19-/m1/s1. The summed E-state index contributed by atoms with van der Waals surface area (Å²) in [6.45, 7) is 4.87. The molecular weight excluding hydrogens is 272 g/mol. The molecular formula is C19H32N2O. The third-order valence-electron chi connectivity index (χ3n) is 7.45. The number of nitrogens with one attached hydrogen (secondary N) is 1. The number of amides is 1. The van der Waals surface area contributed by atoms with Crippen molar-refractivity contribution in [3.63, 3.8) is 0 Å². The predicted molar refractivity (Wildman–Crippen MR) is 88.4 cm³/mol. The van der Waals surface area contributed by atoms with E-state index < -0.39 is 0 Å². The lowest BCUT2D eigenvalue weighted by molar-refractivity contribution is -0.130. The molecule has 1 aliphatic heterocycles. The van der Waals surface area contributed by atoms with Gasteiger partial charge in [0.05, 0.1) is 0 Å². The van der Waals surface area contributed by atoms with Crippen LogP contribution in [-0.4, -0.2) is 36.5 Å². The Balaban J connectivity index is 1.18. The maximum Gasteiger partial charge on any atom is 0.219 e. The average Bonchev–Trinajstić information content (AvgIpc) is 3.20. The van der Waals surface area contributed by atoms with Gasteiger partial charge in [0.1, 0.15) is 0 Å². The van der Waals surface area contributed by atoms with E-state index in [0.717, 1.165) is 48.7 Å². The molecule has 0 aromatic rings. The summed E-state index contributed by atoms with van der Waals surface area (Å²) in [5, 5.41) is 3.93. The number of nitrogens with zero attached hydrogens (tertiary/aromatic N) is 1. The van der Waals surface area contributed by atoms with Crippen LogP contribution >= 0.6 is 0 Å². The molecule has 1 heterocycles. The molecule has 4 rings (SSSR count). The quantitative estimate of drug-likeness (QED) is 0.866. The minimum absolute atomic E-state index is 0.254. The van der Waals surface area contributed by atoms with Crippen molar-refractivity contribution in [1.29, 1.82) is 0 Å². The molecule has 0 aromatic heterocycles. The first-order valence-electron chi connectivity index (χ1n) is 9.71. The summed E-state index contributed by atoms with van der Waals surface area (Å²) in [6.07, 6.45) is 11.3. The zero-order valence-corrected chi connectivity index (χ0v) is 14.1. The van der Waals surface area contributed by atoms with Crippen molar-refractivity contribution < 1.29 is 4.79 Å². The largest absolute Gasteiger partial charge is 0.343 e. The Morgan fingerprint density at radius 3 is 2.59 bits per heavy atom. The number of fused-ring (bicyclic) bond motifs is 5. The molecule has 3 aliphatic carbocycles. The zero-order valence-electron chi connectivity index (χ0n) is 14.1. The second-order valence-corrected chi connectivity index (χ2v) is 8.45. The molecule has 0 aromatic carbocycles. The first-order chi connectivity index (χ1) is 10.7. The summed E-state index contributed by atoms with van der Waals surface area (Å²) in [5.41, 5.74) is 0. The molecule has 3 nitrogen and oxygen atoms in total. The molecule has 3 heteroatoms. The van der Waals surface area contributed by atoms with Gasteiger partial charge in [-0.05, 0) is 81.1 Å². The Bertz CT molecular complexity index is 416. The molecule has 3 saturated carbocycles. The van der Waals surface area contributed by atoms with Gasteiger partial charge >= 0.3 is 0 Å². The van der Waals surface area contributed by atoms with E-state index in [4.69, 9.17) is 0 Å². The third-order valence-corrected chi connectivity index (χ3v) is 7.45. The van der Waals surface area contributed by atoms with Gasteiger partial charge in [0.15, 0.2) is 0 Å². The molecule has 0 spiro atoms. The highest BCUT2D eigenvalue weighted by molar-refractivity contribution is 5.73. The Hall–Kier alpha value is -0.570. The van der Waals surface area contributed by atoms with Crippen molar-refractivity contribution in [2.75, 3.05) is 19.6 Å². The smallest absolute Gasteiger partial charge is 0.219 e. The highest BCUT2D eigenvalue weighted by atomic mass is 16.2. The second kappa shape index (κ2) is 6.14. The Kier molecular flexibility index (Phi) is 4.19. The second-order valence-electron chi connectivity index (χ2n) is 8.45. The van der Waals surface area contributed by atoms with Crippen LogP contribution in [0, 0.1) is 29.6 Å². The molecule has 0 unspecified atom stereocenters. The van der Waals surface area contributed by atoms with Gasteiger partial charge in [-0.1, -0.05) is 6.42 Å². The number of carbonyl (C=O) groups excluding carboxylic acids is 1. The van der Waals surface area contributed by atoms with Crippen LogP contribution in [0.3, 0.4) is 0 Å². The maximum atomic E-state index is 11.4. The molecule has 0 radical (unpaired) electrons. The fourth-order valence-electron chi connectivity index (χ4n) is 6.31. The molecule has 1 saturated heterocycles. The lowest BCUT2D eigenvalue weighted by Crippen LogP contribution is -2.41. The van der Waals surface area contributed by atoms with Gasteiger partial charge in [0, 0.05) is 26.1 Å². The number of carbonyl (C=O) groups is 1. The minimum Gasteiger partial charge on any atom is -0.343 e. The van der Waals surface area contributed by atoms with Gasteiger partial charge in [-0.2, -0.15) is 0 Å². The van der Waals surface area contributed by atoms with Crippen LogP contribution in [0.4, 0.5) is 0 Å². The SMILES string of the molecule is CC(=O)N1CCC(CCN[C@@H]2C[C@H]3C[C@H]2[C@H]2CCC[C@H]32)CC1.